The van der Waals surface area contributed by atoms with E-state index < -0.39 is 16.6 Å². The van der Waals surface area contributed by atoms with Crippen molar-refractivity contribution < 1.29 is 13.3 Å². The Morgan fingerprint density at radius 3 is 1.32 bits per heavy atom. The maximum Gasteiger partial charge on any atom is 0.262 e. The lowest BCUT2D eigenvalue weighted by Crippen LogP contribution is -2.66. The monoisotopic (exact) mass is 768 g/mol. The standard InChI is InChI=1S/C41H45IO3Si2/c1-32-37(29-20-30-43-46(40(2,3)4,33-21-12-8-13-22-33)34-23-14-9-15-24-34)39(42)38(45-32)31-44-47(41(5,6)7,35-25-16-10-17-26-35)36-27-18-11-19-28-36/h8-19,21-28H,30-31H2,1-7H3. The van der Waals surface area contributed by atoms with Gasteiger partial charge in [-0.25, -0.2) is 0 Å². The lowest BCUT2D eigenvalue weighted by Gasteiger charge is -2.42. The second-order valence-electron chi connectivity index (χ2n) is 14.0. The Morgan fingerprint density at radius 2 is 0.957 bits per heavy atom. The molecule has 0 aliphatic heterocycles. The van der Waals surface area contributed by atoms with E-state index in [1.807, 2.05) is 6.92 Å². The van der Waals surface area contributed by atoms with Crippen LogP contribution in [0.3, 0.4) is 0 Å². The summed E-state index contributed by atoms with van der Waals surface area (Å²) in [7, 11) is -5.38. The van der Waals surface area contributed by atoms with Gasteiger partial charge < -0.3 is 13.3 Å². The van der Waals surface area contributed by atoms with E-state index in [1.54, 1.807) is 0 Å². The van der Waals surface area contributed by atoms with E-state index in [0.29, 0.717) is 13.2 Å². The van der Waals surface area contributed by atoms with Crippen LogP contribution in [-0.2, 0) is 15.5 Å². The molecule has 0 saturated heterocycles. The summed E-state index contributed by atoms with van der Waals surface area (Å²) in [6.07, 6.45) is 0. The Bertz CT molecular complexity index is 1730. The maximum absolute atomic E-state index is 7.18. The summed E-state index contributed by atoms with van der Waals surface area (Å²) in [5, 5.41) is 4.76. The van der Waals surface area contributed by atoms with Gasteiger partial charge in [-0.3, -0.25) is 0 Å². The fraction of sp³-hybridized carbons (Fsp3) is 0.268. The minimum Gasteiger partial charge on any atom is -0.461 e. The number of aryl methyl sites for hydroxylation is 1. The molecular weight excluding hydrogens is 724 g/mol. The zero-order valence-electron chi connectivity index (χ0n) is 28.6. The molecular formula is C41H45IO3Si2. The van der Waals surface area contributed by atoms with Gasteiger partial charge >= 0.3 is 0 Å². The van der Waals surface area contributed by atoms with Gasteiger partial charge in [-0.2, -0.15) is 0 Å². The molecule has 1 heterocycles. The Hall–Kier alpha value is -3.20. The molecule has 0 bridgehead atoms. The van der Waals surface area contributed by atoms with Gasteiger partial charge in [-0.1, -0.05) is 175 Å². The average molecular weight is 769 g/mol. The molecule has 242 valence electrons. The van der Waals surface area contributed by atoms with Gasteiger partial charge in [0.05, 0.1) is 22.3 Å². The van der Waals surface area contributed by atoms with Crippen molar-refractivity contribution in [2.24, 2.45) is 0 Å². The zero-order chi connectivity index (χ0) is 33.7. The second kappa shape index (κ2) is 14.5. The van der Waals surface area contributed by atoms with Gasteiger partial charge in [-0.15, -0.1) is 0 Å². The first kappa shape index (κ1) is 35.1. The van der Waals surface area contributed by atoms with Crippen LogP contribution in [0, 0.1) is 22.3 Å². The summed E-state index contributed by atoms with van der Waals surface area (Å²) in [6, 6.07) is 42.8. The molecule has 0 radical (unpaired) electrons. The van der Waals surface area contributed by atoms with Crippen LogP contribution >= 0.6 is 22.6 Å². The van der Waals surface area contributed by atoms with Crippen LogP contribution in [0.2, 0.25) is 10.1 Å². The van der Waals surface area contributed by atoms with E-state index in [9.17, 15) is 0 Å². The van der Waals surface area contributed by atoms with Crippen molar-refractivity contribution in [2.45, 2.75) is 65.1 Å². The highest BCUT2D eigenvalue weighted by Crippen LogP contribution is 2.39. The lowest BCUT2D eigenvalue weighted by molar-refractivity contribution is 0.251. The third-order valence-electron chi connectivity index (χ3n) is 8.92. The van der Waals surface area contributed by atoms with Gasteiger partial charge in [0.15, 0.2) is 0 Å². The predicted molar refractivity (Wildman–Crippen MR) is 209 cm³/mol. The van der Waals surface area contributed by atoms with Gasteiger partial charge in [-0.05, 0) is 60.3 Å². The van der Waals surface area contributed by atoms with Crippen LogP contribution in [0.4, 0.5) is 0 Å². The molecule has 0 spiro atoms. The third-order valence-corrected chi connectivity index (χ3v) is 20.0. The summed E-state index contributed by atoms with van der Waals surface area (Å²) in [5.74, 6) is 8.41. The first-order chi connectivity index (χ1) is 22.4. The summed E-state index contributed by atoms with van der Waals surface area (Å²) >= 11 is 2.37. The molecule has 0 N–H and O–H groups in total. The maximum atomic E-state index is 7.18. The largest absolute Gasteiger partial charge is 0.461 e. The van der Waals surface area contributed by atoms with E-state index in [2.05, 4.69) is 197 Å². The molecule has 6 heteroatoms. The topological polar surface area (TPSA) is 31.6 Å². The fourth-order valence-corrected chi connectivity index (χ4v) is 16.5. The van der Waals surface area contributed by atoms with Crippen molar-refractivity contribution in [3.63, 3.8) is 0 Å². The van der Waals surface area contributed by atoms with Crippen molar-refractivity contribution in [2.75, 3.05) is 6.61 Å². The zero-order valence-corrected chi connectivity index (χ0v) is 32.7. The highest BCUT2D eigenvalue weighted by molar-refractivity contribution is 14.1. The van der Waals surface area contributed by atoms with Gasteiger partial charge in [0.25, 0.3) is 16.6 Å². The first-order valence-corrected chi connectivity index (χ1v) is 21.1. The Balaban J connectivity index is 1.45. The number of benzene rings is 4. The highest BCUT2D eigenvalue weighted by atomic mass is 127. The minimum absolute atomic E-state index is 0.108. The van der Waals surface area contributed by atoms with E-state index in [1.165, 1.54) is 20.7 Å². The van der Waals surface area contributed by atoms with E-state index in [4.69, 9.17) is 13.3 Å². The van der Waals surface area contributed by atoms with Crippen molar-refractivity contribution in [3.8, 4) is 11.8 Å². The smallest absolute Gasteiger partial charge is 0.262 e. The van der Waals surface area contributed by atoms with Gasteiger partial charge in [0.1, 0.15) is 11.5 Å². The Morgan fingerprint density at radius 1 is 0.596 bits per heavy atom. The van der Waals surface area contributed by atoms with Crippen molar-refractivity contribution in [3.05, 3.63) is 142 Å². The van der Waals surface area contributed by atoms with Crippen molar-refractivity contribution in [1.29, 1.82) is 0 Å². The summed E-state index contributed by atoms with van der Waals surface area (Å²) in [5.41, 5.74) is 0.901. The molecule has 4 aromatic carbocycles. The van der Waals surface area contributed by atoms with Crippen LogP contribution in [0.5, 0.6) is 0 Å². The summed E-state index contributed by atoms with van der Waals surface area (Å²) in [4.78, 5) is 0. The van der Waals surface area contributed by atoms with Gasteiger partial charge in [0.2, 0.25) is 0 Å². The van der Waals surface area contributed by atoms with E-state index >= 15 is 0 Å². The quantitative estimate of drug-likeness (QED) is 0.0862. The first-order valence-electron chi connectivity index (χ1n) is 16.2. The molecule has 0 aliphatic carbocycles. The third kappa shape index (κ3) is 7.01. The predicted octanol–water partition coefficient (Wildman–Crippen LogP) is 8.20. The van der Waals surface area contributed by atoms with Crippen LogP contribution < -0.4 is 20.7 Å². The van der Waals surface area contributed by atoms with Gasteiger partial charge in [0, 0.05) is 0 Å². The molecule has 1 aromatic heterocycles. The molecule has 0 atom stereocenters. The number of hydrogen-bond donors (Lipinski definition) is 0. The number of halogens is 1. The Labute approximate surface area is 297 Å². The number of rotatable bonds is 9. The highest BCUT2D eigenvalue weighted by Gasteiger charge is 2.51. The second-order valence-corrected chi connectivity index (χ2v) is 23.7. The SMILES string of the molecule is Cc1oc(CO[Si](c2ccccc2)(c2ccccc2)C(C)(C)C)c(I)c1C#CCO[Si](c1ccccc1)(c1ccccc1)C(C)(C)C. The van der Waals surface area contributed by atoms with Crippen LogP contribution in [0.1, 0.15) is 58.6 Å². The molecule has 5 aromatic rings. The summed E-state index contributed by atoms with van der Waals surface area (Å²) < 4.78 is 21.6. The fourth-order valence-electron chi connectivity index (χ4n) is 6.78. The molecule has 0 saturated carbocycles. The molecule has 0 amide bonds. The molecule has 0 fully saturated rings. The minimum atomic E-state index is -2.71. The lowest BCUT2D eigenvalue weighted by atomic mass is 10.2. The van der Waals surface area contributed by atoms with Crippen LogP contribution in [-0.4, -0.2) is 23.2 Å². The number of furan rings is 1. The molecule has 3 nitrogen and oxygen atoms in total. The average Bonchev–Trinajstić information content (AvgIpc) is 3.33. The molecule has 5 rings (SSSR count). The van der Waals surface area contributed by atoms with E-state index in [0.717, 1.165) is 20.7 Å². The van der Waals surface area contributed by atoms with Crippen LogP contribution in [0.25, 0.3) is 0 Å². The normalized spacial score (nSPS) is 12.4. The van der Waals surface area contributed by atoms with Crippen molar-refractivity contribution in [1.82, 2.24) is 0 Å². The molecule has 0 aliphatic rings. The summed E-state index contributed by atoms with van der Waals surface area (Å²) in [6.45, 7) is 16.4. The molecule has 0 unspecified atom stereocenters. The number of hydrogen-bond acceptors (Lipinski definition) is 3. The molecule has 47 heavy (non-hydrogen) atoms. The van der Waals surface area contributed by atoms with Crippen LogP contribution in [0.15, 0.2) is 126 Å². The van der Waals surface area contributed by atoms with Crippen molar-refractivity contribution >= 4 is 60.0 Å². The van der Waals surface area contributed by atoms with E-state index in [-0.39, 0.29) is 10.1 Å². The Kier molecular flexibility index (Phi) is 10.8.